The van der Waals surface area contributed by atoms with Gasteiger partial charge in [-0.15, -0.1) is 4.58 Å². The van der Waals surface area contributed by atoms with Gasteiger partial charge >= 0.3 is 5.91 Å². The van der Waals surface area contributed by atoms with Crippen LogP contribution in [-0.4, -0.2) is 32.7 Å². The van der Waals surface area contributed by atoms with Crippen molar-refractivity contribution in [1.29, 1.82) is 5.41 Å². The van der Waals surface area contributed by atoms with Crippen LogP contribution in [0.15, 0.2) is 0 Å². The predicted octanol–water partition coefficient (Wildman–Crippen LogP) is 0.988. The van der Waals surface area contributed by atoms with Crippen LogP contribution in [0.1, 0.15) is 6.92 Å². The highest BCUT2D eigenvalue weighted by atomic mass is 32.2. The molecule has 0 aromatic heterocycles. The summed E-state index contributed by atoms with van der Waals surface area (Å²) < 4.78 is 2.54. The first-order valence-corrected chi connectivity index (χ1v) is 5.24. The zero-order valence-corrected chi connectivity index (χ0v) is 8.01. The van der Waals surface area contributed by atoms with E-state index >= 15 is 0 Å². The molecule has 5 heteroatoms. The fourth-order valence-electron chi connectivity index (χ4n) is 0.816. The maximum atomic E-state index is 11.2. The number of hydrogen-bond donors (Lipinski definition) is 1. The normalized spacial score (nSPS) is 18.4. The van der Waals surface area contributed by atoms with Gasteiger partial charge in [-0.3, -0.25) is 5.41 Å². The van der Waals surface area contributed by atoms with Crippen LogP contribution in [0.5, 0.6) is 0 Å². The molecule has 0 atom stereocenters. The van der Waals surface area contributed by atoms with E-state index in [9.17, 15) is 4.79 Å². The second kappa shape index (κ2) is 3.40. The lowest BCUT2D eigenvalue weighted by atomic mass is 10.6. The Labute approximate surface area is 73.8 Å². The minimum atomic E-state index is -0.165. The van der Waals surface area contributed by atoms with Gasteiger partial charge in [0.1, 0.15) is 0 Å². The highest BCUT2D eigenvalue weighted by Gasteiger charge is 2.36. The number of carbonyl (C=O) groups is 1. The average molecular weight is 189 g/mol. The lowest BCUT2D eigenvalue weighted by molar-refractivity contribution is -0.430. The van der Waals surface area contributed by atoms with E-state index in [4.69, 9.17) is 5.41 Å². The minimum absolute atomic E-state index is 0.135. The molecule has 0 aromatic rings. The largest absolute Gasteiger partial charge is 0.445 e. The van der Waals surface area contributed by atoms with Crippen LogP contribution >= 0.6 is 23.5 Å². The molecule has 0 aromatic carbocycles. The molecule has 0 unspecified atom stereocenters. The summed E-state index contributed by atoms with van der Waals surface area (Å²) >= 11 is 2.76. The topological polar surface area (TPSA) is 43.9 Å². The van der Waals surface area contributed by atoms with Gasteiger partial charge in [0.25, 0.3) is 4.38 Å². The first-order valence-electron chi connectivity index (χ1n) is 3.20. The monoisotopic (exact) mass is 189 g/mol. The molecule has 1 heterocycles. The molecule has 0 aliphatic carbocycles. The van der Waals surface area contributed by atoms with Crippen LogP contribution in [0, 0.1) is 5.41 Å². The highest BCUT2D eigenvalue weighted by Crippen LogP contribution is 2.22. The van der Waals surface area contributed by atoms with E-state index in [1.54, 1.807) is 4.58 Å². The van der Waals surface area contributed by atoms with Crippen LogP contribution < -0.4 is 0 Å². The van der Waals surface area contributed by atoms with Crippen LogP contribution in [0.3, 0.4) is 0 Å². The van der Waals surface area contributed by atoms with Gasteiger partial charge in [0.2, 0.25) is 5.04 Å². The van der Waals surface area contributed by atoms with Crippen molar-refractivity contribution >= 4 is 38.9 Å². The average Bonchev–Trinajstić information content (AvgIpc) is 2.28. The molecule has 0 bridgehead atoms. The predicted molar refractivity (Wildman–Crippen MR) is 49.6 cm³/mol. The number of carbonyl (C=O) groups excluding carboxylic acids is 1. The summed E-state index contributed by atoms with van der Waals surface area (Å²) in [6.45, 7) is 2.57. The zero-order chi connectivity index (χ0) is 8.43. The molecule has 0 saturated carbocycles. The summed E-state index contributed by atoms with van der Waals surface area (Å²) in [5.41, 5.74) is 0. The second-order valence-corrected chi connectivity index (χ2v) is 4.00. The summed E-state index contributed by atoms with van der Waals surface area (Å²) in [5, 5.41) is 7.40. The van der Waals surface area contributed by atoms with Crippen molar-refractivity contribution in [3.05, 3.63) is 0 Å². The molecular weight excluding hydrogens is 180 g/mol. The van der Waals surface area contributed by atoms with Gasteiger partial charge in [-0.05, 0) is 13.2 Å². The Morgan fingerprint density at radius 2 is 2.36 bits per heavy atom. The van der Waals surface area contributed by atoms with Gasteiger partial charge in [0, 0.05) is 11.8 Å². The molecule has 60 valence electrons. The third kappa shape index (κ3) is 1.49. The second-order valence-electron chi connectivity index (χ2n) is 1.95. The lowest BCUT2D eigenvalue weighted by Crippen LogP contribution is -2.21. The van der Waals surface area contributed by atoms with E-state index in [2.05, 4.69) is 0 Å². The van der Waals surface area contributed by atoms with Crippen LogP contribution in [-0.2, 0) is 4.79 Å². The maximum Gasteiger partial charge on any atom is 0.445 e. The lowest BCUT2D eigenvalue weighted by Gasteiger charge is -1.88. The van der Waals surface area contributed by atoms with Crippen molar-refractivity contribution in [3.8, 4) is 0 Å². The van der Waals surface area contributed by atoms with Crippen LogP contribution in [0.4, 0.5) is 0 Å². The highest BCUT2D eigenvalue weighted by molar-refractivity contribution is 8.45. The fourth-order valence-corrected chi connectivity index (χ4v) is 2.53. The summed E-state index contributed by atoms with van der Waals surface area (Å²) in [6, 6.07) is 0. The van der Waals surface area contributed by atoms with E-state index < -0.39 is 0 Å². The molecule has 1 rings (SSSR count). The van der Waals surface area contributed by atoms with Gasteiger partial charge < -0.3 is 0 Å². The Balaban J connectivity index is 2.95. The van der Waals surface area contributed by atoms with Gasteiger partial charge in [-0.2, -0.15) is 0 Å². The Kier molecular flexibility index (Phi) is 2.72. The number of amides is 1. The van der Waals surface area contributed by atoms with Crippen molar-refractivity contribution in [3.63, 3.8) is 0 Å². The fraction of sp³-hybridized carbons (Fsp3) is 0.500. The summed E-state index contributed by atoms with van der Waals surface area (Å²) in [5.74, 6) is -0.165. The van der Waals surface area contributed by atoms with Crippen molar-refractivity contribution < 1.29 is 9.37 Å². The first kappa shape index (κ1) is 8.80. The third-order valence-corrected chi connectivity index (χ3v) is 3.43. The number of nitrogens with zero attached hydrogens (tertiary/aromatic N) is 1. The third-order valence-electron chi connectivity index (χ3n) is 1.34. The summed E-state index contributed by atoms with van der Waals surface area (Å²) in [7, 11) is 0. The molecule has 1 aliphatic rings. The number of hydrogen-bond acceptors (Lipinski definition) is 4. The SMILES string of the molecule is CC[N+]1=C(SC)SC(=N)C1=O. The van der Waals surface area contributed by atoms with Gasteiger partial charge in [0.05, 0.1) is 0 Å². The van der Waals surface area contributed by atoms with E-state index in [0.29, 0.717) is 6.54 Å². The number of rotatable bonds is 1. The molecule has 0 saturated heterocycles. The van der Waals surface area contributed by atoms with E-state index in [0.717, 1.165) is 4.38 Å². The molecule has 0 spiro atoms. The quantitative estimate of drug-likeness (QED) is 0.626. The van der Waals surface area contributed by atoms with Crippen LogP contribution in [0.25, 0.3) is 0 Å². The van der Waals surface area contributed by atoms with Crippen molar-refractivity contribution in [2.24, 2.45) is 0 Å². The van der Waals surface area contributed by atoms with Crippen LogP contribution in [0.2, 0.25) is 0 Å². The molecule has 0 fully saturated rings. The maximum absolute atomic E-state index is 11.2. The first-order chi connectivity index (χ1) is 5.20. The molecule has 11 heavy (non-hydrogen) atoms. The smallest absolute Gasteiger partial charge is 0.284 e. The number of nitrogens with one attached hydrogen (secondary N) is 1. The Bertz CT molecular complexity index is 247. The molecule has 1 aliphatic heterocycles. The van der Waals surface area contributed by atoms with Gasteiger partial charge in [-0.1, -0.05) is 11.8 Å². The van der Waals surface area contributed by atoms with E-state index in [1.165, 1.54) is 23.5 Å². The zero-order valence-electron chi connectivity index (χ0n) is 6.38. The Morgan fingerprint density at radius 1 is 1.73 bits per heavy atom. The molecule has 3 nitrogen and oxygen atoms in total. The van der Waals surface area contributed by atoms with E-state index in [1.807, 2.05) is 13.2 Å². The molecule has 0 radical (unpaired) electrons. The standard InChI is InChI=1S/C6H9N2OS2/c1-3-8-5(9)4(7)11-6(8)10-2/h7H,3H2,1-2H3/q+1. The Morgan fingerprint density at radius 3 is 2.73 bits per heavy atom. The summed E-state index contributed by atoms with van der Waals surface area (Å²) in [6.07, 6.45) is 1.91. The van der Waals surface area contributed by atoms with Gasteiger partial charge in [0.15, 0.2) is 6.54 Å². The van der Waals surface area contributed by atoms with E-state index in [-0.39, 0.29) is 11.0 Å². The Hall–Kier alpha value is -0.290. The van der Waals surface area contributed by atoms with Crippen molar-refractivity contribution in [2.75, 3.05) is 12.8 Å². The van der Waals surface area contributed by atoms with Gasteiger partial charge in [-0.25, -0.2) is 4.79 Å². The molecular formula is C6H9N2OS2+. The molecule has 1 amide bonds. The van der Waals surface area contributed by atoms with Crippen molar-refractivity contribution in [2.45, 2.75) is 6.92 Å². The summed E-state index contributed by atoms with van der Waals surface area (Å²) in [4.78, 5) is 11.2. The van der Waals surface area contributed by atoms with Crippen molar-refractivity contribution in [1.82, 2.24) is 0 Å². The number of thioether (sulfide) groups is 2. The minimum Gasteiger partial charge on any atom is -0.284 e. The molecule has 1 N–H and O–H groups in total.